The fraction of sp³-hybridized carbons (Fsp3) is 0.800. The standard InChI is InChI=1S/C10H20N2O2S/c1-2-3-9-15(13,14)12-8-6-10-5-4-7-11-10/h2,10-12H,1,3-9H2/t10-/m1/s1. The second-order valence-electron chi connectivity index (χ2n) is 3.87. The zero-order valence-electron chi connectivity index (χ0n) is 9.04. The van der Waals surface area contributed by atoms with Gasteiger partial charge in [-0.1, -0.05) is 6.08 Å². The summed E-state index contributed by atoms with van der Waals surface area (Å²) in [4.78, 5) is 0. The van der Waals surface area contributed by atoms with E-state index in [1.54, 1.807) is 6.08 Å². The first-order valence-electron chi connectivity index (χ1n) is 5.45. The zero-order valence-corrected chi connectivity index (χ0v) is 9.85. The van der Waals surface area contributed by atoms with Crippen LogP contribution < -0.4 is 10.0 Å². The van der Waals surface area contributed by atoms with Crippen LogP contribution in [0.25, 0.3) is 0 Å². The van der Waals surface area contributed by atoms with Crippen molar-refractivity contribution < 1.29 is 8.42 Å². The van der Waals surface area contributed by atoms with Gasteiger partial charge < -0.3 is 5.32 Å². The topological polar surface area (TPSA) is 58.2 Å². The molecule has 4 nitrogen and oxygen atoms in total. The highest BCUT2D eigenvalue weighted by molar-refractivity contribution is 7.89. The summed E-state index contributed by atoms with van der Waals surface area (Å²) in [6.45, 7) is 5.11. The summed E-state index contributed by atoms with van der Waals surface area (Å²) >= 11 is 0. The number of allylic oxidation sites excluding steroid dienone is 1. The summed E-state index contributed by atoms with van der Waals surface area (Å²) < 4.78 is 25.4. The molecule has 5 heteroatoms. The summed E-state index contributed by atoms with van der Waals surface area (Å²) in [5.74, 6) is 0.147. The Kier molecular flexibility index (Phi) is 5.28. The van der Waals surface area contributed by atoms with Crippen molar-refractivity contribution in [1.29, 1.82) is 0 Å². The maximum absolute atomic E-state index is 11.4. The van der Waals surface area contributed by atoms with E-state index in [-0.39, 0.29) is 5.75 Å². The first kappa shape index (κ1) is 12.7. The molecule has 0 bridgehead atoms. The molecule has 1 fully saturated rings. The molecule has 1 rings (SSSR count). The van der Waals surface area contributed by atoms with Crippen LogP contribution in [0.2, 0.25) is 0 Å². The molecule has 88 valence electrons. The number of nitrogens with one attached hydrogen (secondary N) is 2. The van der Waals surface area contributed by atoms with Crippen LogP contribution in [-0.2, 0) is 10.0 Å². The van der Waals surface area contributed by atoms with Gasteiger partial charge in [-0.2, -0.15) is 0 Å². The van der Waals surface area contributed by atoms with Gasteiger partial charge in [0.2, 0.25) is 10.0 Å². The van der Waals surface area contributed by atoms with Gasteiger partial charge in [0.15, 0.2) is 0 Å². The van der Waals surface area contributed by atoms with Gasteiger partial charge in [-0.15, -0.1) is 6.58 Å². The third kappa shape index (κ3) is 5.30. The van der Waals surface area contributed by atoms with Crippen molar-refractivity contribution in [2.24, 2.45) is 0 Å². The van der Waals surface area contributed by atoms with Crippen molar-refractivity contribution in [2.45, 2.75) is 31.7 Å². The van der Waals surface area contributed by atoms with Crippen LogP contribution in [0.15, 0.2) is 12.7 Å². The summed E-state index contributed by atoms with van der Waals surface area (Å²) in [5, 5.41) is 3.34. The van der Waals surface area contributed by atoms with E-state index >= 15 is 0 Å². The molecule has 1 heterocycles. The highest BCUT2D eigenvalue weighted by Crippen LogP contribution is 2.07. The Hall–Kier alpha value is -0.390. The predicted octanol–water partition coefficient (Wildman–Crippen LogP) is 0.624. The lowest BCUT2D eigenvalue weighted by Gasteiger charge is -2.10. The summed E-state index contributed by atoms with van der Waals surface area (Å²) in [7, 11) is -3.08. The van der Waals surface area contributed by atoms with Gasteiger partial charge in [0, 0.05) is 12.6 Å². The van der Waals surface area contributed by atoms with Crippen LogP contribution in [-0.4, -0.2) is 33.3 Å². The molecule has 0 aliphatic carbocycles. The van der Waals surface area contributed by atoms with Crippen LogP contribution in [0.4, 0.5) is 0 Å². The minimum Gasteiger partial charge on any atom is -0.314 e. The molecule has 1 aliphatic rings. The molecule has 15 heavy (non-hydrogen) atoms. The van der Waals surface area contributed by atoms with Crippen molar-refractivity contribution in [1.82, 2.24) is 10.0 Å². The largest absolute Gasteiger partial charge is 0.314 e. The number of hydrogen-bond donors (Lipinski definition) is 2. The fourth-order valence-corrected chi connectivity index (χ4v) is 2.75. The third-order valence-electron chi connectivity index (χ3n) is 2.57. The lowest BCUT2D eigenvalue weighted by Crippen LogP contribution is -2.31. The second kappa shape index (κ2) is 6.25. The predicted molar refractivity (Wildman–Crippen MR) is 62.2 cm³/mol. The van der Waals surface area contributed by atoms with E-state index in [0.717, 1.165) is 19.4 Å². The molecule has 0 radical (unpaired) electrons. The highest BCUT2D eigenvalue weighted by atomic mass is 32.2. The van der Waals surface area contributed by atoms with E-state index in [2.05, 4.69) is 16.6 Å². The minimum atomic E-state index is -3.08. The molecule has 0 aromatic rings. The highest BCUT2D eigenvalue weighted by Gasteiger charge is 2.15. The van der Waals surface area contributed by atoms with Gasteiger partial charge in [-0.05, 0) is 32.2 Å². The Bertz CT molecular complexity index is 282. The maximum atomic E-state index is 11.4. The average Bonchev–Trinajstić information content (AvgIpc) is 2.67. The molecule has 0 saturated carbocycles. The van der Waals surface area contributed by atoms with Crippen molar-refractivity contribution in [3.8, 4) is 0 Å². The van der Waals surface area contributed by atoms with Crippen molar-refractivity contribution in [2.75, 3.05) is 18.8 Å². The summed E-state index contributed by atoms with van der Waals surface area (Å²) in [5.41, 5.74) is 0. The van der Waals surface area contributed by atoms with E-state index in [0.29, 0.717) is 19.0 Å². The molecular formula is C10H20N2O2S. The SMILES string of the molecule is C=CCCS(=O)(=O)NCC[C@H]1CCCN1. The van der Waals surface area contributed by atoms with E-state index < -0.39 is 10.0 Å². The van der Waals surface area contributed by atoms with Crippen LogP contribution in [0.3, 0.4) is 0 Å². The smallest absolute Gasteiger partial charge is 0.211 e. The Morgan fingerprint density at radius 2 is 2.33 bits per heavy atom. The molecule has 1 atom stereocenters. The molecular weight excluding hydrogens is 212 g/mol. The molecule has 2 N–H and O–H groups in total. The van der Waals surface area contributed by atoms with Gasteiger partial charge in [-0.25, -0.2) is 13.1 Å². The lowest BCUT2D eigenvalue weighted by molar-refractivity contribution is 0.539. The van der Waals surface area contributed by atoms with E-state index in [1.807, 2.05) is 0 Å². The molecule has 0 spiro atoms. The monoisotopic (exact) mass is 232 g/mol. The molecule has 0 amide bonds. The quantitative estimate of drug-likeness (QED) is 0.633. The van der Waals surface area contributed by atoms with E-state index in [9.17, 15) is 8.42 Å². The van der Waals surface area contributed by atoms with Crippen LogP contribution in [0.1, 0.15) is 25.7 Å². The van der Waals surface area contributed by atoms with Crippen molar-refractivity contribution in [3.05, 3.63) is 12.7 Å². The Morgan fingerprint density at radius 3 is 2.93 bits per heavy atom. The molecule has 0 aromatic carbocycles. The average molecular weight is 232 g/mol. The van der Waals surface area contributed by atoms with Crippen LogP contribution in [0.5, 0.6) is 0 Å². The fourth-order valence-electron chi connectivity index (χ4n) is 1.70. The molecule has 1 saturated heterocycles. The van der Waals surface area contributed by atoms with E-state index in [1.165, 1.54) is 6.42 Å². The molecule has 0 unspecified atom stereocenters. The Morgan fingerprint density at radius 1 is 1.53 bits per heavy atom. The molecule has 1 aliphatic heterocycles. The van der Waals surface area contributed by atoms with Gasteiger partial charge in [0.1, 0.15) is 0 Å². The first-order valence-corrected chi connectivity index (χ1v) is 7.11. The number of sulfonamides is 1. The summed E-state index contributed by atoms with van der Waals surface area (Å²) in [6.07, 6.45) is 5.38. The van der Waals surface area contributed by atoms with Crippen molar-refractivity contribution in [3.63, 3.8) is 0 Å². The van der Waals surface area contributed by atoms with Crippen LogP contribution >= 0.6 is 0 Å². The van der Waals surface area contributed by atoms with Gasteiger partial charge in [0.05, 0.1) is 5.75 Å². The molecule has 0 aromatic heterocycles. The van der Waals surface area contributed by atoms with E-state index in [4.69, 9.17) is 0 Å². The first-order chi connectivity index (χ1) is 7.14. The van der Waals surface area contributed by atoms with Crippen LogP contribution in [0, 0.1) is 0 Å². The Labute approximate surface area is 92.2 Å². The number of rotatable bonds is 7. The summed E-state index contributed by atoms with van der Waals surface area (Å²) in [6, 6.07) is 0.493. The minimum absolute atomic E-state index is 0.147. The third-order valence-corrected chi connectivity index (χ3v) is 3.98. The zero-order chi connectivity index (χ0) is 11.1. The Balaban J connectivity index is 2.14. The number of hydrogen-bond acceptors (Lipinski definition) is 3. The second-order valence-corrected chi connectivity index (χ2v) is 5.80. The van der Waals surface area contributed by atoms with Crippen molar-refractivity contribution >= 4 is 10.0 Å². The maximum Gasteiger partial charge on any atom is 0.211 e. The van der Waals surface area contributed by atoms with Gasteiger partial charge in [-0.3, -0.25) is 0 Å². The van der Waals surface area contributed by atoms with Gasteiger partial charge >= 0.3 is 0 Å². The lowest BCUT2D eigenvalue weighted by atomic mass is 10.2. The van der Waals surface area contributed by atoms with Gasteiger partial charge in [0.25, 0.3) is 0 Å². The normalized spacial score (nSPS) is 21.7.